The number of hydrogen-bond donors (Lipinski definition) is 4. The molecule has 0 amide bonds. The zero-order chi connectivity index (χ0) is 14.6. The van der Waals surface area contributed by atoms with Gasteiger partial charge in [-0.2, -0.15) is 0 Å². The molecule has 1 aromatic heterocycles. The van der Waals surface area contributed by atoms with Crippen LogP contribution in [0.1, 0.15) is 49.9 Å². The number of anilines is 2. The summed E-state index contributed by atoms with van der Waals surface area (Å²) in [5.41, 5.74) is 2.82. The first-order valence-corrected chi connectivity index (χ1v) is 7.32. The number of hydrogen-bond acceptors (Lipinski definition) is 6. The third-order valence-corrected chi connectivity index (χ3v) is 4.01. The first-order valence-electron chi connectivity index (χ1n) is 7.32. The summed E-state index contributed by atoms with van der Waals surface area (Å²) in [7, 11) is 0. The number of rotatable bonds is 4. The Bertz CT molecular complexity index is 455. The van der Waals surface area contributed by atoms with E-state index in [0.717, 1.165) is 37.1 Å². The summed E-state index contributed by atoms with van der Waals surface area (Å²) < 4.78 is 0. The number of nitrogens with zero attached hydrogens (tertiary/aromatic N) is 2. The van der Waals surface area contributed by atoms with E-state index in [4.69, 9.17) is 5.84 Å². The second-order valence-corrected chi connectivity index (χ2v) is 5.73. The Morgan fingerprint density at radius 2 is 1.70 bits per heavy atom. The van der Waals surface area contributed by atoms with E-state index in [0.29, 0.717) is 18.2 Å². The van der Waals surface area contributed by atoms with Crippen molar-refractivity contribution in [2.45, 2.75) is 58.0 Å². The highest BCUT2D eigenvalue weighted by molar-refractivity contribution is 5.56. The molecule has 5 N–H and O–H groups in total. The lowest BCUT2D eigenvalue weighted by Gasteiger charge is -2.27. The van der Waals surface area contributed by atoms with E-state index in [2.05, 4.69) is 20.7 Å². The van der Waals surface area contributed by atoms with E-state index < -0.39 is 5.60 Å². The zero-order valence-corrected chi connectivity index (χ0v) is 12.4. The maximum absolute atomic E-state index is 10.7. The normalized spacial score (nSPS) is 18.4. The number of nitrogen functional groups attached to an aromatic ring is 1. The van der Waals surface area contributed by atoms with Crippen molar-refractivity contribution in [2.24, 2.45) is 5.84 Å². The Hall–Kier alpha value is -1.40. The molecule has 1 heterocycles. The lowest BCUT2D eigenvalue weighted by Crippen LogP contribution is -2.36. The minimum absolute atomic E-state index is 0.522. The van der Waals surface area contributed by atoms with Crippen LogP contribution in [0.25, 0.3) is 0 Å². The summed E-state index contributed by atoms with van der Waals surface area (Å²) in [6.45, 7) is 4.26. The molecule has 0 bridgehead atoms. The van der Waals surface area contributed by atoms with Crippen LogP contribution in [0, 0.1) is 13.8 Å². The first-order chi connectivity index (χ1) is 9.54. The van der Waals surface area contributed by atoms with E-state index in [1.807, 2.05) is 13.8 Å². The molecule has 1 saturated carbocycles. The van der Waals surface area contributed by atoms with Gasteiger partial charge in [-0.15, -0.1) is 0 Å². The molecule has 1 aliphatic rings. The van der Waals surface area contributed by atoms with Crippen LogP contribution in [0.5, 0.6) is 0 Å². The maximum Gasteiger partial charge on any atom is 0.148 e. The molecule has 0 aromatic carbocycles. The van der Waals surface area contributed by atoms with Gasteiger partial charge in [0.15, 0.2) is 0 Å². The summed E-state index contributed by atoms with van der Waals surface area (Å²) >= 11 is 0. The molecule has 0 atom stereocenters. The van der Waals surface area contributed by atoms with Crippen LogP contribution in [0.2, 0.25) is 0 Å². The van der Waals surface area contributed by atoms with Crippen molar-refractivity contribution >= 4 is 11.6 Å². The number of hydrazine groups is 1. The van der Waals surface area contributed by atoms with E-state index in [9.17, 15) is 5.11 Å². The van der Waals surface area contributed by atoms with Gasteiger partial charge in [0.25, 0.3) is 0 Å². The molecule has 0 radical (unpaired) electrons. The summed E-state index contributed by atoms with van der Waals surface area (Å²) in [6, 6.07) is 0. The summed E-state index contributed by atoms with van der Waals surface area (Å²) in [4.78, 5) is 8.62. The number of aromatic nitrogens is 2. The van der Waals surface area contributed by atoms with Gasteiger partial charge in [-0.3, -0.25) is 0 Å². The Kier molecular flexibility index (Phi) is 4.77. The second kappa shape index (κ2) is 6.37. The SMILES string of the molecule is Cc1nc(NN)c(C)c(NCC2(O)CCCCCC2)n1. The molecule has 2 rings (SSSR count). The second-order valence-electron chi connectivity index (χ2n) is 5.73. The highest BCUT2D eigenvalue weighted by Gasteiger charge is 2.28. The largest absolute Gasteiger partial charge is 0.388 e. The molecule has 1 aromatic rings. The van der Waals surface area contributed by atoms with Crippen LogP contribution in [0.15, 0.2) is 0 Å². The van der Waals surface area contributed by atoms with Crippen molar-refractivity contribution in [3.8, 4) is 0 Å². The maximum atomic E-state index is 10.7. The molecule has 0 spiro atoms. The van der Waals surface area contributed by atoms with Gasteiger partial charge >= 0.3 is 0 Å². The van der Waals surface area contributed by atoms with Crippen molar-refractivity contribution < 1.29 is 5.11 Å². The van der Waals surface area contributed by atoms with Crippen molar-refractivity contribution in [3.63, 3.8) is 0 Å². The third kappa shape index (κ3) is 3.58. The van der Waals surface area contributed by atoms with E-state index in [1.165, 1.54) is 12.8 Å². The van der Waals surface area contributed by atoms with Crippen LogP contribution >= 0.6 is 0 Å². The molecular weight excluding hydrogens is 254 g/mol. The van der Waals surface area contributed by atoms with Crippen LogP contribution < -0.4 is 16.6 Å². The Morgan fingerprint density at radius 3 is 2.30 bits per heavy atom. The molecule has 6 nitrogen and oxygen atoms in total. The molecule has 6 heteroatoms. The minimum atomic E-state index is -0.627. The molecule has 0 unspecified atom stereocenters. The van der Waals surface area contributed by atoms with Gasteiger partial charge in [0, 0.05) is 12.1 Å². The highest BCUT2D eigenvalue weighted by atomic mass is 16.3. The standard InChI is InChI=1S/C14H25N5O/c1-10-12(17-11(2)18-13(10)19-15)16-9-14(20)7-5-3-4-6-8-14/h20H,3-9,15H2,1-2H3,(H2,16,17,18,19). The van der Waals surface area contributed by atoms with Crippen molar-refractivity contribution in [3.05, 3.63) is 11.4 Å². The van der Waals surface area contributed by atoms with E-state index >= 15 is 0 Å². The van der Waals surface area contributed by atoms with Crippen molar-refractivity contribution in [2.75, 3.05) is 17.3 Å². The molecule has 20 heavy (non-hydrogen) atoms. The zero-order valence-electron chi connectivity index (χ0n) is 12.4. The van der Waals surface area contributed by atoms with Gasteiger partial charge in [-0.25, -0.2) is 15.8 Å². The van der Waals surface area contributed by atoms with Crippen LogP contribution in [0.4, 0.5) is 11.6 Å². The fourth-order valence-electron chi connectivity index (χ4n) is 2.75. The Labute approximate surface area is 120 Å². The molecule has 112 valence electrons. The monoisotopic (exact) mass is 279 g/mol. The van der Waals surface area contributed by atoms with Crippen molar-refractivity contribution in [1.29, 1.82) is 0 Å². The van der Waals surface area contributed by atoms with Gasteiger partial charge in [0.1, 0.15) is 17.5 Å². The van der Waals surface area contributed by atoms with Crippen LogP contribution in [0.3, 0.4) is 0 Å². The minimum Gasteiger partial charge on any atom is -0.388 e. The molecular formula is C14H25N5O. The average molecular weight is 279 g/mol. The van der Waals surface area contributed by atoms with Gasteiger partial charge in [0.2, 0.25) is 0 Å². The van der Waals surface area contributed by atoms with Gasteiger partial charge in [0.05, 0.1) is 5.60 Å². The van der Waals surface area contributed by atoms with E-state index in [-0.39, 0.29) is 0 Å². The first kappa shape index (κ1) is 15.0. The molecule has 0 saturated heterocycles. The van der Waals surface area contributed by atoms with Crippen LogP contribution in [-0.4, -0.2) is 27.2 Å². The summed E-state index contributed by atoms with van der Waals surface area (Å²) in [5.74, 6) is 7.47. The topological polar surface area (TPSA) is 96.1 Å². The Balaban J connectivity index is 2.08. The number of aryl methyl sites for hydroxylation is 1. The lowest BCUT2D eigenvalue weighted by molar-refractivity contribution is 0.0380. The number of nitrogens with one attached hydrogen (secondary N) is 2. The summed E-state index contributed by atoms with van der Waals surface area (Å²) in [6.07, 6.45) is 6.33. The predicted molar refractivity (Wildman–Crippen MR) is 80.5 cm³/mol. The quantitative estimate of drug-likeness (QED) is 0.382. The highest BCUT2D eigenvalue weighted by Crippen LogP contribution is 2.28. The average Bonchev–Trinajstić information content (AvgIpc) is 2.64. The van der Waals surface area contributed by atoms with Crippen LogP contribution in [-0.2, 0) is 0 Å². The Morgan fingerprint density at radius 1 is 1.10 bits per heavy atom. The fraction of sp³-hybridized carbons (Fsp3) is 0.714. The number of aliphatic hydroxyl groups is 1. The van der Waals surface area contributed by atoms with Gasteiger partial charge in [-0.1, -0.05) is 25.7 Å². The van der Waals surface area contributed by atoms with Crippen molar-refractivity contribution in [1.82, 2.24) is 9.97 Å². The molecule has 1 aliphatic carbocycles. The predicted octanol–water partition coefficient (Wildman–Crippen LogP) is 1.88. The molecule has 1 fully saturated rings. The summed E-state index contributed by atoms with van der Waals surface area (Å²) in [5, 5.41) is 13.9. The van der Waals surface area contributed by atoms with E-state index in [1.54, 1.807) is 0 Å². The lowest BCUT2D eigenvalue weighted by atomic mass is 9.94. The fourth-order valence-corrected chi connectivity index (χ4v) is 2.75. The van der Waals surface area contributed by atoms with Gasteiger partial charge in [-0.05, 0) is 26.7 Å². The number of nitrogens with two attached hydrogens (primary N) is 1. The molecule has 0 aliphatic heterocycles. The smallest absolute Gasteiger partial charge is 0.148 e. The third-order valence-electron chi connectivity index (χ3n) is 4.01. The van der Waals surface area contributed by atoms with Gasteiger partial charge < -0.3 is 15.8 Å².